The zero-order chi connectivity index (χ0) is 17.2. The molecule has 1 unspecified atom stereocenters. The molecule has 5 nitrogen and oxygen atoms in total. The summed E-state index contributed by atoms with van der Waals surface area (Å²) in [5.41, 5.74) is 2.08. The van der Waals surface area contributed by atoms with Crippen LogP contribution in [0.3, 0.4) is 0 Å². The molecule has 2 heterocycles. The number of fused-ring (bicyclic) bond motifs is 1. The van der Waals surface area contributed by atoms with Gasteiger partial charge in [0.05, 0.1) is 12.3 Å². The van der Waals surface area contributed by atoms with Crippen LogP contribution in [0.1, 0.15) is 29.0 Å². The van der Waals surface area contributed by atoms with Gasteiger partial charge >= 0.3 is 0 Å². The number of amides is 1. The quantitative estimate of drug-likeness (QED) is 0.585. The van der Waals surface area contributed by atoms with Crippen LogP contribution in [0, 0.1) is 0 Å². The van der Waals surface area contributed by atoms with E-state index < -0.39 is 0 Å². The summed E-state index contributed by atoms with van der Waals surface area (Å²) in [5, 5.41) is 12.2. The van der Waals surface area contributed by atoms with Crippen molar-refractivity contribution in [3.63, 3.8) is 0 Å². The van der Waals surface area contributed by atoms with Crippen molar-refractivity contribution in [2.75, 3.05) is 0 Å². The van der Waals surface area contributed by atoms with E-state index in [0.717, 1.165) is 16.3 Å². The second kappa shape index (κ2) is 6.28. The molecule has 1 atom stereocenters. The molecular formula is C20H17N3O2. The van der Waals surface area contributed by atoms with Gasteiger partial charge in [-0.2, -0.15) is 5.10 Å². The van der Waals surface area contributed by atoms with Gasteiger partial charge in [0.15, 0.2) is 11.5 Å². The van der Waals surface area contributed by atoms with Crippen LogP contribution in [0.5, 0.6) is 0 Å². The Bertz CT molecular complexity index is 1010. The summed E-state index contributed by atoms with van der Waals surface area (Å²) in [4.78, 5) is 12.5. The van der Waals surface area contributed by atoms with E-state index in [4.69, 9.17) is 4.42 Å². The van der Waals surface area contributed by atoms with Crippen molar-refractivity contribution in [1.29, 1.82) is 0 Å². The number of aromatic amines is 1. The average Bonchev–Trinajstić information content (AvgIpc) is 3.32. The van der Waals surface area contributed by atoms with Crippen molar-refractivity contribution in [2.45, 2.75) is 13.0 Å². The molecule has 2 aromatic heterocycles. The monoisotopic (exact) mass is 331 g/mol. The molecule has 4 rings (SSSR count). The van der Waals surface area contributed by atoms with Crippen molar-refractivity contribution in [1.82, 2.24) is 15.5 Å². The fourth-order valence-corrected chi connectivity index (χ4v) is 2.97. The van der Waals surface area contributed by atoms with E-state index in [1.165, 1.54) is 0 Å². The highest BCUT2D eigenvalue weighted by Crippen LogP contribution is 2.24. The Morgan fingerprint density at radius 1 is 1.12 bits per heavy atom. The predicted molar refractivity (Wildman–Crippen MR) is 96.1 cm³/mol. The fourth-order valence-electron chi connectivity index (χ4n) is 2.97. The van der Waals surface area contributed by atoms with E-state index in [0.29, 0.717) is 17.1 Å². The van der Waals surface area contributed by atoms with Crippen LogP contribution in [0.2, 0.25) is 0 Å². The summed E-state index contributed by atoms with van der Waals surface area (Å²) >= 11 is 0. The highest BCUT2D eigenvalue weighted by atomic mass is 16.3. The molecule has 4 aromatic rings. The Balaban J connectivity index is 1.56. The minimum absolute atomic E-state index is 0.137. The van der Waals surface area contributed by atoms with Crippen molar-refractivity contribution in [3.8, 4) is 11.5 Å². The summed E-state index contributed by atoms with van der Waals surface area (Å²) in [6, 6.07) is 19.4. The van der Waals surface area contributed by atoms with Gasteiger partial charge in [-0.1, -0.05) is 42.5 Å². The number of nitrogens with zero attached hydrogens (tertiary/aromatic N) is 1. The molecule has 5 heteroatoms. The number of carbonyl (C=O) groups excluding carboxylic acids is 1. The molecule has 0 radical (unpaired) electrons. The Morgan fingerprint density at radius 3 is 2.80 bits per heavy atom. The normalized spacial score (nSPS) is 12.2. The maximum absolute atomic E-state index is 12.5. The standard InChI is InChI=1S/C20H17N3O2/c1-13(15-9-4-7-14-6-2-3-8-16(14)15)21-20(24)18-12-17(22-23-18)19-10-5-11-25-19/h2-13H,1H3,(H,21,24)(H,22,23). The Hall–Kier alpha value is -3.34. The summed E-state index contributed by atoms with van der Waals surface area (Å²) in [6.07, 6.45) is 1.58. The first kappa shape index (κ1) is 15.2. The number of aromatic nitrogens is 2. The molecule has 25 heavy (non-hydrogen) atoms. The number of hydrogen-bond donors (Lipinski definition) is 2. The predicted octanol–water partition coefficient (Wildman–Crippen LogP) is 4.31. The maximum atomic E-state index is 12.5. The molecule has 0 fully saturated rings. The van der Waals surface area contributed by atoms with Crippen LogP contribution in [-0.2, 0) is 0 Å². The molecule has 0 spiro atoms. The van der Waals surface area contributed by atoms with E-state index in [2.05, 4.69) is 33.7 Å². The Morgan fingerprint density at radius 2 is 1.96 bits per heavy atom. The molecule has 0 saturated carbocycles. The van der Waals surface area contributed by atoms with Crippen LogP contribution in [0.15, 0.2) is 71.3 Å². The van der Waals surface area contributed by atoms with Gasteiger partial charge < -0.3 is 9.73 Å². The van der Waals surface area contributed by atoms with Gasteiger partial charge in [0, 0.05) is 6.07 Å². The van der Waals surface area contributed by atoms with Gasteiger partial charge in [-0.3, -0.25) is 9.89 Å². The molecule has 0 aliphatic carbocycles. The smallest absolute Gasteiger partial charge is 0.272 e. The minimum Gasteiger partial charge on any atom is -0.463 e. The first-order valence-electron chi connectivity index (χ1n) is 8.10. The van der Waals surface area contributed by atoms with Crippen LogP contribution in [0.4, 0.5) is 0 Å². The van der Waals surface area contributed by atoms with E-state index in [1.807, 2.05) is 37.3 Å². The number of nitrogens with one attached hydrogen (secondary N) is 2. The van der Waals surface area contributed by atoms with Gasteiger partial charge in [0.2, 0.25) is 0 Å². The van der Waals surface area contributed by atoms with Crippen LogP contribution in [-0.4, -0.2) is 16.1 Å². The number of furan rings is 1. The van der Waals surface area contributed by atoms with Crippen molar-refractivity contribution in [2.24, 2.45) is 0 Å². The first-order chi connectivity index (χ1) is 12.2. The minimum atomic E-state index is -0.227. The number of rotatable bonds is 4. The topological polar surface area (TPSA) is 70.9 Å². The molecular weight excluding hydrogens is 314 g/mol. The molecule has 1 amide bonds. The number of benzene rings is 2. The maximum Gasteiger partial charge on any atom is 0.272 e. The Labute approximate surface area is 144 Å². The Kier molecular flexibility index (Phi) is 3.82. The molecule has 124 valence electrons. The number of hydrogen-bond acceptors (Lipinski definition) is 3. The zero-order valence-electron chi connectivity index (χ0n) is 13.7. The van der Waals surface area contributed by atoms with Crippen molar-refractivity contribution < 1.29 is 9.21 Å². The molecule has 0 aliphatic rings. The molecule has 0 bridgehead atoms. The lowest BCUT2D eigenvalue weighted by Gasteiger charge is -2.16. The van der Waals surface area contributed by atoms with Gasteiger partial charge in [-0.05, 0) is 35.4 Å². The van der Waals surface area contributed by atoms with Crippen LogP contribution < -0.4 is 5.32 Å². The van der Waals surface area contributed by atoms with Crippen molar-refractivity contribution in [3.05, 3.63) is 78.2 Å². The van der Waals surface area contributed by atoms with E-state index >= 15 is 0 Å². The number of H-pyrrole nitrogens is 1. The third-order valence-electron chi connectivity index (χ3n) is 4.23. The van der Waals surface area contributed by atoms with Gasteiger partial charge in [0.25, 0.3) is 5.91 Å². The van der Waals surface area contributed by atoms with Crippen LogP contribution >= 0.6 is 0 Å². The summed E-state index contributed by atoms with van der Waals surface area (Å²) in [7, 11) is 0. The summed E-state index contributed by atoms with van der Waals surface area (Å²) in [6.45, 7) is 1.97. The van der Waals surface area contributed by atoms with Crippen molar-refractivity contribution >= 4 is 16.7 Å². The molecule has 0 aliphatic heterocycles. The first-order valence-corrected chi connectivity index (χ1v) is 8.10. The lowest BCUT2D eigenvalue weighted by atomic mass is 9.99. The fraction of sp³-hybridized carbons (Fsp3) is 0.100. The second-order valence-electron chi connectivity index (χ2n) is 5.91. The highest BCUT2D eigenvalue weighted by Gasteiger charge is 2.17. The molecule has 0 saturated heterocycles. The van der Waals surface area contributed by atoms with E-state index in [1.54, 1.807) is 18.4 Å². The second-order valence-corrected chi connectivity index (χ2v) is 5.91. The molecule has 2 N–H and O–H groups in total. The lowest BCUT2D eigenvalue weighted by molar-refractivity contribution is 0.0935. The lowest BCUT2D eigenvalue weighted by Crippen LogP contribution is -2.27. The number of carbonyl (C=O) groups is 1. The highest BCUT2D eigenvalue weighted by molar-refractivity contribution is 5.94. The largest absolute Gasteiger partial charge is 0.463 e. The third kappa shape index (κ3) is 2.92. The van der Waals surface area contributed by atoms with Gasteiger partial charge in [-0.25, -0.2) is 0 Å². The van der Waals surface area contributed by atoms with Gasteiger partial charge in [0.1, 0.15) is 5.69 Å². The zero-order valence-corrected chi connectivity index (χ0v) is 13.7. The van der Waals surface area contributed by atoms with E-state index in [-0.39, 0.29) is 11.9 Å². The molecule has 2 aromatic carbocycles. The van der Waals surface area contributed by atoms with Crippen LogP contribution in [0.25, 0.3) is 22.2 Å². The average molecular weight is 331 g/mol. The summed E-state index contributed by atoms with van der Waals surface area (Å²) < 4.78 is 5.31. The van der Waals surface area contributed by atoms with E-state index in [9.17, 15) is 4.79 Å². The SMILES string of the molecule is CC(NC(=O)c1cc(-c2ccco2)[nH]n1)c1cccc2ccccc12. The summed E-state index contributed by atoms with van der Waals surface area (Å²) in [5.74, 6) is 0.420. The third-order valence-corrected chi connectivity index (χ3v) is 4.23. The van der Waals surface area contributed by atoms with Gasteiger partial charge in [-0.15, -0.1) is 0 Å².